The van der Waals surface area contributed by atoms with Crippen molar-refractivity contribution in [3.8, 4) is 0 Å². The Hall–Kier alpha value is -2.99. The second-order valence-electron chi connectivity index (χ2n) is 12.9. The van der Waals surface area contributed by atoms with E-state index in [9.17, 15) is 14.4 Å². The maximum atomic E-state index is 13.1. The zero-order chi connectivity index (χ0) is 28.9. The van der Waals surface area contributed by atoms with Crippen LogP contribution in [0.1, 0.15) is 109 Å². The molecule has 1 saturated carbocycles. The highest BCUT2D eigenvalue weighted by atomic mass is 16.6. The Kier molecular flexibility index (Phi) is 9.83. The predicted octanol–water partition coefficient (Wildman–Crippen LogP) is 6.26. The number of Topliss-reactive ketones (excluding diaryl/α,β-unsaturated/α-hetero) is 1. The summed E-state index contributed by atoms with van der Waals surface area (Å²) in [5, 5.41) is 3.18. The van der Waals surface area contributed by atoms with Crippen LogP contribution in [-0.4, -0.2) is 53.8 Å². The minimum Gasteiger partial charge on any atom is -0.456 e. The number of amides is 1. The average Bonchev–Trinajstić information content (AvgIpc) is 3.13. The average molecular weight is 547 g/mol. The van der Waals surface area contributed by atoms with Crippen molar-refractivity contribution in [1.29, 1.82) is 0 Å². The summed E-state index contributed by atoms with van der Waals surface area (Å²) in [5.74, 6) is 0.248. The fraction of sp³-hybridized carbons (Fsp3) is 0.559. The van der Waals surface area contributed by atoms with E-state index in [-0.39, 0.29) is 23.7 Å². The van der Waals surface area contributed by atoms with Crippen LogP contribution in [0.15, 0.2) is 42.5 Å². The summed E-state index contributed by atoms with van der Waals surface area (Å²) in [4.78, 5) is 40.8. The van der Waals surface area contributed by atoms with Gasteiger partial charge in [-0.2, -0.15) is 0 Å². The van der Waals surface area contributed by atoms with Crippen LogP contribution in [0.25, 0.3) is 0 Å². The number of fused-ring (bicyclic) bond motifs is 1. The Labute approximate surface area is 239 Å². The first-order valence-corrected chi connectivity index (χ1v) is 15.0. The van der Waals surface area contributed by atoms with Crippen molar-refractivity contribution in [2.75, 3.05) is 19.6 Å². The molecule has 1 aliphatic carbocycles. The Morgan fingerprint density at radius 1 is 0.925 bits per heavy atom. The number of carbonyl (C=O) groups is 3. The van der Waals surface area contributed by atoms with Crippen molar-refractivity contribution in [2.24, 2.45) is 11.8 Å². The molecule has 1 amide bonds. The molecule has 2 aliphatic rings. The third-order valence-electron chi connectivity index (χ3n) is 8.24. The molecule has 1 heterocycles. The van der Waals surface area contributed by atoms with Crippen LogP contribution < -0.4 is 5.32 Å². The van der Waals surface area contributed by atoms with Crippen LogP contribution >= 0.6 is 0 Å². The lowest BCUT2D eigenvalue weighted by molar-refractivity contribution is 0.00673. The molecular formula is C34H46N2O4. The number of ketones is 1. The van der Waals surface area contributed by atoms with Crippen LogP contribution in [0.2, 0.25) is 0 Å². The predicted molar refractivity (Wildman–Crippen MR) is 159 cm³/mol. The normalized spacial score (nSPS) is 19.9. The molecule has 216 valence electrons. The number of nitrogens with zero attached hydrogens (tertiary/aromatic N) is 1. The topological polar surface area (TPSA) is 75.7 Å². The molecule has 2 aromatic rings. The number of esters is 1. The van der Waals surface area contributed by atoms with Crippen molar-refractivity contribution in [1.82, 2.24) is 10.2 Å². The van der Waals surface area contributed by atoms with Gasteiger partial charge in [-0.05, 0) is 108 Å². The van der Waals surface area contributed by atoms with Gasteiger partial charge < -0.3 is 15.0 Å². The van der Waals surface area contributed by atoms with Gasteiger partial charge in [0, 0.05) is 30.6 Å². The van der Waals surface area contributed by atoms with Crippen LogP contribution in [0, 0.1) is 11.8 Å². The number of carbonyl (C=O) groups excluding carboxylic acids is 3. The van der Waals surface area contributed by atoms with E-state index in [1.807, 2.05) is 40.7 Å². The Morgan fingerprint density at radius 3 is 2.23 bits per heavy atom. The lowest BCUT2D eigenvalue weighted by atomic mass is 9.84. The number of hydrogen-bond acceptors (Lipinski definition) is 5. The monoisotopic (exact) mass is 546 g/mol. The summed E-state index contributed by atoms with van der Waals surface area (Å²) >= 11 is 0. The number of nitrogens with one attached hydrogen (secondary N) is 1. The maximum absolute atomic E-state index is 13.1. The smallest absolute Gasteiger partial charge is 0.339 e. The molecule has 1 N–H and O–H groups in total. The summed E-state index contributed by atoms with van der Waals surface area (Å²) in [5.41, 5.74) is 3.63. The molecule has 0 bridgehead atoms. The van der Waals surface area contributed by atoms with Gasteiger partial charge >= 0.3 is 5.97 Å². The van der Waals surface area contributed by atoms with E-state index in [1.54, 1.807) is 24.3 Å². The van der Waals surface area contributed by atoms with Gasteiger partial charge in [0.15, 0.2) is 5.78 Å². The summed E-state index contributed by atoms with van der Waals surface area (Å²) < 4.78 is 5.51. The van der Waals surface area contributed by atoms with Crippen LogP contribution in [-0.2, 0) is 17.6 Å². The molecule has 0 radical (unpaired) electrons. The van der Waals surface area contributed by atoms with Gasteiger partial charge in [0.25, 0.3) is 5.91 Å². The van der Waals surface area contributed by atoms with Crippen LogP contribution in [0.4, 0.5) is 0 Å². The van der Waals surface area contributed by atoms with E-state index in [2.05, 4.69) is 22.3 Å². The Morgan fingerprint density at radius 2 is 1.57 bits per heavy atom. The minimum absolute atomic E-state index is 0.0248. The maximum Gasteiger partial charge on any atom is 0.339 e. The molecule has 1 fully saturated rings. The van der Waals surface area contributed by atoms with Crippen molar-refractivity contribution < 1.29 is 19.1 Å². The zero-order valence-electron chi connectivity index (χ0n) is 24.9. The van der Waals surface area contributed by atoms with E-state index in [1.165, 1.54) is 17.5 Å². The zero-order valence-corrected chi connectivity index (χ0v) is 24.9. The SMILES string of the molecule is CC(C)C(=O)c1ccc2c(c1)CCN(CCC1CCC(NC(=O)c3ccccc3C(=O)OC(C)(C)C)CC1)CC2. The largest absolute Gasteiger partial charge is 0.456 e. The lowest BCUT2D eigenvalue weighted by Crippen LogP contribution is -2.39. The van der Waals surface area contributed by atoms with E-state index in [0.29, 0.717) is 17.0 Å². The van der Waals surface area contributed by atoms with Gasteiger partial charge in [0.1, 0.15) is 5.60 Å². The fourth-order valence-electron chi connectivity index (χ4n) is 5.90. The molecule has 0 saturated heterocycles. The molecule has 2 aromatic carbocycles. The molecule has 6 heteroatoms. The van der Waals surface area contributed by atoms with E-state index in [0.717, 1.165) is 63.7 Å². The van der Waals surface area contributed by atoms with Gasteiger partial charge in [-0.15, -0.1) is 0 Å². The van der Waals surface area contributed by atoms with Crippen LogP contribution in [0.5, 0.6) is 0 Å². The first-order valence-electron chi connectivity index (χ1n) is 15.0. The van der Waals surface area contributed by atoms with Gasteiger partial charge in [-0.3, -0.25) is 9.59 Å². The number of benzene rings is 2. The first-order chi connectivity index (χ1) is 19.0. The van der Waals surface area contributed by atoms with Gasteiger partial charge in [-0.25, -0.2) is 4.79 Å². The summed E-state index contributed by atoms with van der Waals surface area (Å²) in [7, 11) is 0. The standard InChI is InChI=1S/C34H46N2O4/c1-23(2)31(37)27-13-12-25-17-20-36(21-18-26(25)22-27)19-16-24-10-14-28(15-11-24)35-32(38)29-8-6-7-9-30(29)33(39)40-34(3,4)5/h6-9,12-13,22-24,28H,10-11,14-21H2,1-5H3,(H,35,38). The number of rotatable bonds is 8. The molecule has 1 aliphatic heterocycles. The lowest BCUT2D eigenvalue weighted by Gasteiger charge is -2.31. The van der Waals surface area contributed by atoms with Gasteiger partial charge in [0.2, 0.25) is 0 Å². The van der Waals surface area contributed by atoms with Crippen molar-refractivity contribution in [3.05, 3.63) is 70.3 Å². The van der Waals surface area contributed by atoms with E-state index >= 15 is 0 Å². The van der Waals surface area contributed by atoms with E-state index < -0.39 is 11.6 Å². The molecule has 4 rings (SSSR count). The highest BCUT2D eigenvalue weighted by Crippen LogP contribution is 2.28. The fourth-order valence-corrected chi connectivity index (χ4v) is 5.90. The number of ether oxygens (including phenoxy) is 1. The number of hydrogen-bond donors (Lipinski definition) is 1. The third kappa shape index (κ3) is 8.03. The molecule has 0 unspecified atom stereocenters. The minimum atomic E-state index is -0.617. The van der Waals surface area contributed by atoms with Crippen molar-refractivity contribution >= 4 is 17.7 Å². The Balaban J connectivity index is 1.23. The molecule has 0 atom stereocenters. The second kappa shape index (κ2) is 13.1. The summed E-state index contributed by atoms with van der Waals surface area (Å²) in [6.45, 7) is 12.6. The first kappa shape index (κ1) is 30.0. The van der Waals surface area contributed by atoms with Crippen molar-refractivity contribution in [2.45, 2.75) is 91.2 Å². The molecule has 6 nitrogen and oxygen atoms in total. The Bertz CT molecular complexity index is 1200. The van der Waals surface area contributed by atoms with Gasteiger partial charge in [0.05, 0.1) is 11.1 Å². The summed E-state index contributed by atoms with van der Waals surface area (Å²) in [6.07, 6.45) is 7.34. The second-order valence-corrected chi connectivity index (χ2v) is 12.9. The summed E-state index contributed by atoms with van der Waals surface area (Å²) in [6, 6.07) is 13.3. The molecule has 0 spiro atoms. The van der Waals surface area contributed by atoms with E-state index in [4.69, 9.17) is 4.74 Å². The third-order valence-corrected chi connectivity index (χ3v) is 8.24. The van der Waals surface area contributed by atoms with Gasteiger partial charge in [-0.1, -0.05) is 38.1 Å². The van der Waals surface area contributed by atoms with Crippen molar-refractivity contribution in [3.63, 3.8) is 0 Å². The van der Waals surface area contributed by atoms with Crippen LogP contribution in [0.3, 0.4) is 0 Å². The highest BCUT2D eigenvalue weighted by Gasteiger charge is 2.27. The highest BCUT2D eigenvalue weighted by molar-refractivity contribution is 6.05. The molecular weight excluding hydrogens is 500 g/mol. The quantitative estimate of drug-likeness (QED) is 0.312. The molecule has 40 heavy (non-hydrogen) atoms. The molecule has 0 aromatic heterocycles.